The molecule has 0 bridgehead atoms. The molecule has 1 amide bonds. The topological polar surface area (TPSA) is 112 Å². The summed E-state index contributed by atoms with van der Waals surface area (Å²) in [6.07, 6.45) is 5.66. The number of unbranched alkanes of at least 4 members (excludes halogenated alkanes) is 1. The van der Waals surface area contributed by atoms with E-state index in [9.17, 15) is 4.79 Å². The van der Waals surface area contributed by atoms with Crippen molar-refractivity contribution in [3.63, 3.8) is 0 Å². The number of methoxy groups -OCH3 is 1. The number of carbonyl (C=O) groups is 1. The van der Waals surface area contributed by atoms with E-state index in [2.05, 4.69) is 21.9 Å². The Morgan fingerprint density at radius 2 is 2.12 bits per heavy atom. The lowest BCUT2D eigenvalue weighted by molar-refractivity contribution is -0.125. The number of ether oxygens (including phenoxy) is 1. The van der Waals surface area contributed by atoms with Crippen molar-refractivity contribution in [1.82, 2.24) is 29.6 Å². The zero-order valence-electron chi connectivity index (χ0n) is 19.7. The highest BCUT2D eigenvalue weighted by atomic mass is 32.2. The number of nitrogen functional groups attached to an aromatic ring is 1. The number of hydrogen-bond acceptors (Lipinski definition) is 8. The van der Waals surface area contributed by atoms with E-state index in [1.165, 1.54) is 11.8 Å². The maximum Gasteiger partial charge on any atom is 0.250 e. The minimum atomic E-state index is 0.00756. The molecular weight excluding hydrogens is 438 g/mol. The summed E-state index contributed by atoms with van der Waals surface area (Å²) >= 11 is 1.49. The van der Waals surface area contributed by atoms with Gasteiger partial charge in [0, 0.05) is 42.2 Å². The number of rotatable bonds is 7. The average Bonchev–Trinajstić information content (AvgIpc) is 3.01. The summed E-state index contributed by atoms with van der Waals surface area (Å²) < 4.78 is 7.33. The largest absolute Gasteiger partial charge is 0.496 e. The molecule has 0 unspecified atom stereocenters. The molecule has 0 aromatic carbocycles. The summed E-state index contributed by atoms with van der Waals surface area (Å²) in [6, 6.07) is 0. The fourth-order valence-electron chi connectivity index (χ4n) is 3.99. The summed E-state index contributed by atoms with van der Waals surface area (Å²) in [4.78, 5) is 28.4. The molecule has 9 nitrogen and oxygen atoms in total. The van der Waals surface area contributed by atoms with E-state index in [-0.39, 0.29) is 11.9 Å². The predicted octanol–water partition coefficient (Wildman–Crippen LogP) is 3.22. The van der Waals surface area contributed by atoms with Gasteiger partial charge in [0.1, 0.15) is 10.8 Å². The molecule has 1 aliphatic heterocycles. The lowest BCUT2D eigenvalue weighted by atomic mass is 10.1. The van der Waals surface area contributed by atoms with Crippen molar-refractivity contribution >= 4 is 40.7 Å². The SMILES string of the molecule is CCCCN(C)C(=O)C1=Cc2nn(Cc3ncc(C)c(OC)c3C)c3nc(N)nc(c23)SC1. The Bertz CT molecular complexity index is 1250. The Labute approximate surface area is 197 Å². The first-order valence-corrected chi connectivity index (χ1v) is 11.9. The Hall–Kier alpha value is -3.14. The fourth-order valence-corrected chi connectivity index (χ4v) is 4.99. The zero-order valence-corrected chi connectivity index (χ0v) is 20.5. The molecule has 33 heavy (non-hydrogen) atoms. The van der Waals surface area contributed by atoms with Crippen LogP contribution >= 0.6 is 11.8 Å². The predicted molar refractivity (Wildman–Crippen MR) is 130 cm³/mol. The van der Waals surface area contributed by atoms with E-state index < -0.39 is 0 Å². The molecule has 0 atom stereocenters. The second-order valence-corrected chi connectivity index (χ2v) is 9.18. The number of hydrogen-bond donors (Lipinski definition) is 1. The molecule has 0 spiro atoms. The van der Waals surface area contributed by atoms with Crippen molar-refractivity contribution in [2.45, 2.75) is 45.2 Å². The number of aromatic nitrogens is 5. The fraction of sp³-hybridized carbons (Fsp3) is 0.435. The highest BCUT2D eigenvalue weighted by Crippen LogP contribution is 2.35. The van der Waals surface area contributed by atoms with Crippen LogP contribution in [0, 0.1) is 13.8 Å². The van der Waals surface area contributed by atoms with Crippen molar-refractivity contribution < 1.29 is 9.53 Å². The first kappa shape index (κ1) is 23.0. The van der Waals surface area contributed by atoms with Crippen LogP contribution in [0.25, 0.3) is 17.1 Å². The van der Waals surface area contributed by atoms with Gasteiger partial charge in [0.15, 0.2) is 5.65 Å². The molecule has 1 aliphatic rings. The van der Waals surface area contributed by atoms with Gasteiger partial charge in [-0.25, -0.2) is 9.67 Å². The van der Waals surface area contributed by atoms with Gasteiger partial charge in [-0.15, -0.1) is 11.8 Å². The van der Waals surface area contributed by atoms with Gasteiger partial charge in [0.2, 0.25) is 11.9 Å². The highest BCUT2D eigenvalue weighted by molar-refractivity contribution is 7.99. The number of pyridine rings is 1. The monoisotopic (exact) mass is 467 g/mol. The van der Waals surface area contributed by atoms with Gasteiger partial charge >= 0.3 is 0 Å². The van der Waals surface area contributed by atoms with Crippen LogP contribution in [0.4, 0.5) is 5.95 Å². The number of nitrogens with zero attached hydrogens (tertiary/aromatic N) is 6. The number of carbonyl (C=O) groups excluding carboxylic acids is 1. The van der Waals surface area contributed by atoms with Crippen LogP contribution in [-0.2, 0) is 11.3 Å². The van der Waals surface area contributed by atoms with Gasteiger partial charge in [-0.1, -0.05) is 13.3 Å². The van der Waals surface area contributed by atoms with Crippen molar-refractivity contribution in [1.29, 1.82) is 0 Å². The highest BCUT2D eigenvalue weighted by Gasteiger charge is 2.25. The molecule has 2 N–H and O–H groups in total. The molecule has 0 aliphatic carbocycles. The first-order chi connectivity index (χ1) is 15.8. The van der Waals surface area contributed by atoms with Gasteiger partial charge < -0.3 is 15.4 Å². The Balaban J connectivity index is 1.77. The van der Waals surface area contributed by atoms with Crippen molar-refractivity contribution in [2.75, 3.05) is 32.2 Å². The molecule has 3 aromatic heterocycles. The van der Waals surface area contributed by atoms with Crippen LogP contribution in [0.1, 0.15) is 42.3 Å². The van der Waals surface area contributed by atoms with E-state index in [4.69, 9.17) is 15.6 Å². The van der Waals surface area contributed by atoms with Gasteiger partial charge in [0.05, 0.1) is 30.4 Å². The summed E-state index contributed by atoms with van der Waals surface area (Å²) in [7, 11) is 3.50. The molecule has 3 aromatic rings. The lowest BCUT2D eigenvalue weighted by Gasteiger charge is -2.18. The summed E-state index contributed by atoms with van der Waals surface area (Å²) in [5.41, 5.74) is 10.8. The van der Waals surface area contributed by atoms with Crippen LogP contribution < -0.4 is 10.5 Å². The number of anilines is 1. The van der Waals surface area contributed by atoms with Crippen molar-refractivity contribution in [3.05, 3.63) is 34.3 Å². The molecule has 4 heterocycles. The van der Waals surface area contributed by atoms with Gasteiger partial charge in [-0.3, -0.25) is 9.78 Å². The first-order valence-electron chi connectivity index (χ1n) is 11.0. The third-order valence-corrected chi connectivity index (χ3v) is 6.82. The number of aryl methyl sites for hydroxylation is 1. The molecule has 0 radical (unpaired) electrons. The number of thioether (sulfide) groups is 1. The normalized spacial score (nSPS) is 13.1. The third-order valence-electron chi connectivity index (χ3n) is 5.80. The van der Waals surface area contributed by atoms with Crippen LogP contribution in [0.2, 0.25) is 0 Å². The van der Waals surface area contributed by atoms with Crippen molar-refractivity contribution in [3.8, 4) is 5.75 Å². The number of nitrogens with two attached hydrogens (primary N) is 1. The molecule has 0 fully saturated rings. The van der Waals surface area contributed by atoms with Crippen LogP contribution in [0.3, 0.4) is 0 Å². The van der Waals surface area contributed by atoms with Crippen LogP contribution in [0.5, 0.6) is 5.75 Å². The molecule has 0 saturated carbocycles. The van der Waals surface area contributed by atoms with Gasteiger partial charge in [-0.05, 0) is 26.3 Å². The van der Waals surface area contributed by atoms with E-state index in [1.807, 2.05) is 27.0 Å². The Morgan fingerprint density at radius 1 is 1.33 bits per heavy atom. The van der Waals surface area contributed by atoms with Gasteiger partial charge in [0.25, 0.3) is 0 Å². The minimum absolute atomic E-state index is 0.00756. The van der Waals surface area contributed by atoms with Crippen molar-refractivity contribution in [2.24, 2.45) is 0 Å². The molecule has 4 rings (SSSR count). The molecule has 0 saturated heterocycles. The maximum absolute atomic E-state index is 13.1. The van der Waals surface area contributed by atoms with Crippen LogP contribution in [-0.4, -0.2) is 62.0 Å². The average molecular weight is 468 g/mol. The quantitative estimate of drug-likeness (QED) is 0.527. The maximum atomic E-state index is 13.1. The molecule has 174 valence electrons. The minimum Gasteiger partial charge on any atom is -0.496 e. The second kappa shape index (κ2) is 9.38. The zero-order chi connectivity index (χ0) is 23.7. The van der Waals surface area contributed by atoms with Gasteiger partial charge in [-0.2, -0.15) is 10.1 Å². The number of likely N-dealkylation sites (N-methyl/N-ethyl adjacent to an activating group) is 1. The number of amides is 1. The summed E-state index contributed by atoms with van der Waals surface area (Å²) in [6.45, 7) is 7.18. The van der Waals surface area contributed by atoms with E-state index in [0.29, 0.717) is 29.2 Å². The lowest BCUT2D eigenvalue weighted by Crippen LogP contribution is -2.29. The standard InChI is InChI=1S/C23H29N7O2S/c1-6-7-8-29(4)22(31)15-9-16-18-20(26-23(24)27-21(18)33-12-15)30(28-16)11-17-14(3)19(32-5)13(2)10-25-17/h9-10H,6-8,11-12H2,1-5H3,(H2,24,26,27). The molecular formula is C23H29N7O2S. The van der Waals surface area contributed by atoms with E-state index >= 15 is 0 Å². The van der Waals surface area contributed by atoms with E-state index in [1.54, 1.807) is 22.9 Å². The summed E-state index contributed by atoms with van der Waals surface area (Å²) in [5.74, 6) is 1.51. The molecule has 10 heteroatoms. The van der Waals surface area contributed by atoms with Crippen LogP contribution in [0.15, 0.2) is 16.8 Å². The van der Waals surface area contributed by atoms with E-state index in [0.717, 1.165) is 52.4 Å². The Morgan fingerprint density at radius 3 is 2.85 bits per heavy atom. The Kier molecular flexibility index (Phi) is 6.55. The summed E-state index contributed by atoms with van der Waals surface area (Å²) in [5, 5.41) is 6.35. The third kappa shape index (κ3) is 4.39. The smallest absolute Gasteiger partial charge is 0.250 e. The second-order valence-electron chi connectivity index (χ2n) is 8.21.